The van der Waals surface area contributed by atoms with Crippen molar-refractivity contribution >= 4 is 5.91 Å². The van der Waals surface area contributed by atoms with Gasteiger partial charge in [0.05, 0.1) is 13.7 Å². The van der Waals surface area contributed by atoms with Crippen molar-refractivity contribution in [3.8, 4) is 16.9 Å². The molecule has 1 amide bonds. The summed E-state index contributed by atoms with van der Waals surface area (Å²) in [5.41, 5.74) is 1.56. The monoisotopic (exact) mass is 375 g/mol. The zero-order valence-corrected chi connectivity index (χ0v) is 15.5. The van der Waals surface area contributed by atoms with E-state index in [1.807, 2.05) is 4.90 Å². The third-order valence-corrected chi connectivity index (χ3v) is 4.70. The molecule has 1 saturated carbocycles. The Morgan fingerprint density at radius 2 is 1.70 bits per heavy atom. The van der Waals surface area contributed by atoms with Gasteiger partial charge in [-0.2, -0.15) is 0 Å². The third-order valence-electron chi connectivity index (χ3n) is 4.70. The van der Waals surface area contributed by atoms with Gasteiger partial charge < -0.3 is 14.4 Å². The second-order valence-corrected chi connectivity index (χ2v) is 6.74. The van der Waals surface area contributed by atoms with Crippen LogP contribution in [-0.4, -0.2) is 44.7 Å². The molecule has 0 aliphatic heterocycles. The van der Waals surface area contributed by atoms with Crippen LogP contribution in [0.4, 0.5) is 8.78 Å². The van der Waals surface area contributed by atoms with Crippen molar-refractivity contribution in [2.75, 3.05) is 33.9 Å². The fourth-order valence-electron chi connectivity index (χ4n) is 3.00. The van der Waals surface area contributed by atoms with Crippen molar-refractivity contribution in [1.29, 1.82) is 0 Å². The van der Waals surface area contributed by atoms with Crippen molar-refractivity contribution in [2.45, 2.75) is 12.8 Å². The predicted molar refractivity (Wildman–Crippen MR) is 98.8 cm³/mol. The lowest BCUT2D eigenvalue weighted by Crippen LogP contribution is -2.35. The molecule has 0 spiro atoms. The molecule has 0 atom stereocenters. The Kier molecular flexibility index (Phi) is 6.06. The molecule has 4 nitrogen and oxygen atoms in total. The first-order chi connectivity index (χ1) is 13.0. The minimum absolute atomic E-state index is 0.0578. The van der Waals surface area contributed by atoms with Crippen molar-refractivity contribution < 1.29 is 23.0 Å². The Balaban J connectivity index is 1.78. The molecule has 2 aromatic carbocycles. The van der Waals surface area contributed by atoms with Gasteiger partial charge in [0.25, 0.3) is 5.91 Å². The first-order valence-corrected chi connectivity index (χ1v) is 8.95. The number of methoxy groups -OCH3 is 2. The number of benzene rings is 2. The summed E-state index contributed by atoms with van der Waals surface area (Å²) in [4.78, 5) is 14.6. The maximum Gasteiger partial charge on any atom is 0.253 e. The van der Waals surface area contributed by atoms with E-state index in [1.54, 1.807) is 31.4 Å². The van der Waals surface area contributed by atoms with Crippen LogP contribution in [0.1, 0.15) is 23.2 Å². The molecule has 0 aromatic heterocycles. The number of hydrogen-bond donors (Lipinski definition) is 0. The van der Waals surface area contributed by atoms with Crippen LogP contribution in [0, 0.1) is 17.6 Å². The van der Waals surface area contributed by atoms with Crippen LogP contribution >= 0.6 is 0 Å². The zero-order valence-electron chi connectivity index (χ0n) is 15.5. The summed E-state index contributed by atoms with van der Waals surface area (Å²) in [5, 5.41) is 0. The van der Waals surface area contributed by atoms with Crippen LogP contribution in [0.15, 0.2) is 36.4 Å². The van der Waals surface area contributed by atoms with Crippen LogP contribution < -0.4 is 4.74 Å². The number of nitrogens with zero attached hydrogens (tertiary/aromatic N) is 1. The fourth-order valence-corrected chi connectivity index (χ4v) is 3.00. The number of hydrogen-bond acceptors (Lipinski definition) is 3. The van der Waals surface area contributed by atoms with E-state index in [4.69, 9.17) is 9.47 Å². The summed E-state index contributed by atoms with van der Waals surface area (Å²) < 4.78 is 37.6. The largest absolute Gasteiger partial charge is 0.491 e. The lowest BCUT2D eigenvalue weighted by molar-refractivity contribution is 0.0686. The lowest BCUT2D eigenvalue weighted by Gasteiger charge is -2.22. The molecule has 0 heterocycles. The second kappa shape index (κ2) is 8.48. The normalized spacial score (nSPS) is 13.5. The predicted octanol–water partition coefficient (Wildman–Crippen LogP) is 4.14. The summed E-state index contributed by atoms with van der Waals surface area (Å²) in [5.74, 6) is -1.40. The summed E-state index contributed by atoms with van der Waals surface area (Å²) in [7, 11) is 2.83. The summed E-state index contributed by atoms with van der Waals surface area (Å²) in [6.45, 7) is 1.77. The number of ether oxygens (including phenoxy) is 2. The van der Waals surface area contributed by atoms with Gasteiger partial charge in [-0.25, -0.2) is 8.78 Å². The molecule has 0 N–H and O–H groups in total. The van der Waals surface area contributed by atoms with Crippen molar-refractivity contribution in [1.82, 2.24) is 4.90 Å². The Morgan fingerprint density at radius 3 is 2.22 bits per heavy atom. The molecule has 144 valence electrons. The highest BCUT2D eigenvalue weighted by Gasteiger charge is 2.27. The second-order valence-electron chi connectivity index (χ2n) is 6.74. The molecule has 1 aliphatic carbocycles. The van der Waals surface area contributed by atoms with Gasteiger partial charge in [-0.05, 0) is 54.2 Å². The highest BCUT2D eigenvalue weighted by molar-refractivity contribution is 5.94. The summed E-state index contributed by atoms with van der Waals surface area (Å²) in [6, 6.07) is 9.20. The number of carbonyl (C=O) groups excluding carboxylic acids is 1. The standard InChI is InChI=1S/C21H23F2NO3/c1-26-10-9-24(13-14-3-4-14)21(25)16-7-5-15(6-8-16)17-11-18(22)20(27-2)19(23)12-17/h5-8,11-12,14H,3-4,9-10,13H2,1-2H3. The smallest absolute Gasteiger partial charge is 0.253 e. The Morgan fingerprint density at radius 1 is 1.07 bits per heavy atom. The van der Waals surface area contributed by atoms with Gasteiger partial charge in [0.2, 0.25) is 0 Å². The van der Waals surface area contributed by atoms with Crippen LogP contribution in [0.25, 0.3) is 11.1 Å². The molecule has 1 fully saturated rings. The van der Waals surface area contributed by atoms with Crippen molar-refractivity contribution in [3.63, 3.8) is 0 Å². The van der Waals surface area contributed by atoms with Crippen LogP contribution in [-0.2, 0) is 4.74 Å². The van der Waals surface area contributed by atoms with E-state index in [2.05, 4.69) is 0 Å². The molecular weight excluding hydrogens is 352 g/mol. The van der Waals surface area contributed by atoms with E-state index in [0.717, 1.165) is 19.4 Å². The van der Waals surface area contributed by atoms with Crippen LogP contribution in [0.3, 0.4) is 0 Å². The molecular formula is C21H23F2NO3. The number of halogens is 2. The van der Waals surface area contributed by atoms with E-state index in [9.17, 15) is 13.6 Å². The third kappa shape index (κ3) is 4.63. The molecule has 0 saturated heterocycles. The molecule has 6 heteroatoms. The van der Waals surface area contributed by atoms with Gasteiger partial charge in [-0.15, -0.1) is 0 Å². The first kappa shape index (κ1) is 19.3. The number of carbonyl (C=O) groups is 1. The lowest BCUT2D eigenvalue weighted by atomic mass is 10.0. The number of rotatable bonds is 8. The molecule has 0 unspecified atom stereocenters. The van der Waals surface area contributed by atoms with Gasteiger partial charge in [0.1, 0.15) is 0 Å². The number of amides is 1. The summed E-state index contributed by atoms with van der Waals surface area (Å²) >= 11 is 0. The van der Waals surface area contributed by atoms with E-state index in [1.165, 1.54) is 19.2 Å². The minimum atomic E-state index is -0.761. The maximum absolute atomic E-state index is 13.9. The van der Waals surface area contributed by atoms with Crippen molar-refractivity contribution in [3.05, 3.63) is 53.6 Å². The van der Waals surface area contributed by atoms with Gasteiger partial charge in [0, 0.05) is 25.8 Å². The van der Waals surface area contributed by atoms with E-state index < -0.39 is 17.4 Å². The van der Waals surface area contributed by atoms with E-state index in [-0.39, 0.29) is 5.91 Å². The molecule has 0 radical (unpaired) electrons. The molecule has 27 heavy (non-hydrogen) atoms. The van der Waals surface area contributed by atoms with E-state index in [0.29, 0.717) is 35.8 Å². The Hall–Kier alpha value is -2.47. The molecule has 2 aromatic rings. The Bertz CT molecular complexity index is 781. The van der Waals surface area contributed by atoms with Crippen molar-refractivity contribution in [2.24, 2.45) is 5.92 Å². The van der Waals surface area contributed by atoms with Crippen LogP contribution in [0.2, 0.25) is 0 Å². The molecule has 1 aliphatic rings. The molecule has 0 bridgehead atoms. The van der Waals surface area contributed by atoms with Gasteiger partial charge in [-0.3, -0.25) is 4.79 Å². The zero-order chi connectivity index (χ0) is 19.4. The SMILES string of the molecule is COCCN(CC1CC1)C(=O)c1ccc(-c2cc(F)c(OC)c(F)c2)cc1. The van der Waals surface area contributed by atoms with Gasteiger partial charge >= 0.3 is 0 Å². The maximum atomic E-state index is 13.9. The van der Waals surface area contributed by atoms with Crippen LogP contribution in [0.5, 0.6) is 5.75 Å². The quantitative estimate of drug-likeness (QED) is 0.696. The van der Waals surface area contributed by atoms with Gasteiger partial charge in [0.15, 0.2) is 17.4 Å². The Labute approximate surface area is 157 Å². The van der Waals surface area contributed by atoms with Gasteiger partial charge in [-0.1, -0.05) is 12.1 Å². The molecule has 3 rings (SSSR count). The summed E-state index contributed by atoms with van der Waals surface area (Å²) in [6.07, 6.45) is 2.31. The average Bonchev–Trinajstić information content (AvgIpc) is 3.48. The van der Waals surface area contributed by atoms with E-state index >= 15 is 0 Å². The highest BCUT2D eigenvalue weighted by atomic mass is 19.1. The average molecular weight is 375 g/mol. The first-order valence-electron chi connectivity index (χ1n) is 8.95. The topological polar surface area (TPSA) is 38.8 Å². The fraction of sp³-hybridized carbons (Fsp3) is 0.381. The minimum Gasteiger partial charge on any atom is -0.491 e. The highest BCUT2D eigenvalue weighted by Crippen LogP contribution is 2.31.